The number of rotatable bonds is 2. The summed E-state index contributed by atoms with van der Waals surface area (Å²) in [4.78, 5) is 30.5. The SMILES string of the molecule is COC(=O)N[C@@H](C)C(=O)N=O. The number of alkyl carbamates (subject to hydrolysis) is 1. The number of hydrogen-bond donors (Lipinski definition) is 1. The minimum atomic E-state index is -0.935. The van der Waals surface area contributed by atoms with Crippen LogP contribution in [0.15, 0.2) is 5.18 Å². The molecule has 1 atom stereocenters. The number of nitroso groups, excluding NO2 is 1. The molecule has 6 heteroatoms. The fraction of sp³-hybridized carbons (Fsp3) is 0.600. The number of methoxy groups -OCH3 is 1. The number of carbonyl (C=O) groups excluding carboxylic acids is 2. The molecule has 11 heavy (non-hydrogen) atoms. The highest BCUT2D eigenvalue weighted by Gasteiger charge is 2.15. The molecule has 0 aromatic heterocycles. The van der Waals surface area contributed by atoms with E-state index in [-0.39, 0.29) is 0 Å². The molecule has 0 radical (unpaired) electrons. The maximum absolute atomic E-state index is 10.4. The van der Waals surface area contributed by atoms with Gasteiger partial charge in [0.25, 0.3) is 0 Å². The second kappa shape index (κ2) is 4.37. The molecular weight excluding hydrogens is 152 g/mol. The molecule has 1 N–H and O–H groups in total. The number of hydrogen-bond acceptors (Lipinski definition) is 4. The van der Waals surface area contributed by atoms with E-state index < -0.39 is 18.0 Å². The Bertz CT molecular complexity index is 179. The summed E-state index contributed by atoms with van der Waals surface area (Å²) in [5, 5.41) is 4.19. The van der Waals surface area contributed by atoms with Crippen molar-refractivity contribution in [3.63, 3.8) is 0 Å². The summed E-state index contributed by atoms with van der Waals surface area (Å²) in [7, 11) is 1.15. The third kappa shape index (κ3) is 3.29. The predicted octanol–water partition coefficient (Wildman–Crippen LogP) is 0.0239. The van der Waals surface area contributed by atoms with Crippen molar-refractivity contribution in [2.24, 2.45) is 5.18 Å². The highest BCUT2D eigenvalue weighted by atomic mass is 16.5. The van der Waals surface area contributed by atoms with Gasteiger partial charge in [-0.15, -0.1) is 4.91 Å². The van der Waals surface area contributed by atoms with Crippen LogP contribution >= 0.6 is 0 Å². The van der Waals surface area contributed by atoms with Gasteiger partial charge in [0.05, 0.1) is 7.11 Å². The van der Waals surface area contributed by atoms with Crippen molar-refractivity contribution in [3.05, 3.63) is 4.91 Å². The molecule has 0 aliphatic heterocycles. The van der Waals surface area contributed by atoms with Gasteiger partial charge in [-0.25, -0.2) is 4.79 Å². The minimum Gasteiger partial charge on any atom is -0.453 e. The average molecular weight is 160 g/mol. The van der Waals surface area contributed by atoms with Crippen molar-refractivity contribution in [2.75, 3.05) is 7.11 Å². The van der Waals surface area contributed by atoms with Crippen LogP contribution in [0.2, 0.25) is 0 Å². The normalized spacial score (nSPS) is 11.5. The molecule has 0 aromatic carbocycles. The molecule has 0 rings (SSSR count). The highest BCUT2D eigenvalue weighted by Crippen LogP contribution is 1.86. The third-order valence-corrected chi connectivity index (χ3v) is 0.980. The first kappa shape index (κ1) is 9.54. The van der Waals surface area contributed by atoms with Gasteiger partial charge >= 0.3 is 12.0 Å². The van der Waals surface area contributed by atoms with Gasteiger partial charge in [-0.05, 0) is 6.92 Å². The second-order valence-electron chi connectivity index (χ2n) is 1.79. The maximum Gasteiger partial charge on any atom is 0.407 e. The zero-order valence-electron chi connectivity index (χ0n) is 6.16. The number of nitrogens with one attached hydrogen (secondary N) is 1. The Kier molecular flexibility index (Phi) is 3.79. The molecule has 0 unspecified atom stereocenters. The van der Waals surface area contributed by atoms with Crippen LogP contribution in [-0.4, -0.2) is 25.2 Å². The van der Waals surface area contributed by atoms with Crippen LogP contribution < -0.4 is 5.32 Å². The lowest BCUT2D eigenvalue weighted by atomic mass is 10.3. The first-order valence-corrected chi connectivity index (χ1v) is 2.83. The van der Waals surface area contributed by atoms with E-state index in [1.54, 1.807) is 0 Å². The Morgan fingerprint density at radius 1 is 1.55 bits per heavy atom. The molecule has 62 valence electrons. The van der Waals surface area contributed by atoms with Crippen molar-refractivity contribution in [1.82, 2.24) is 5.32 Å². The van der Waals surface area contributed by atoms with Gasteiger partial charge in [-0.2, -0.15) is 0 Å². The lowest BCUT2D eigenvalue weighted by molar-refractivity contribution is -0.119. The van der Waals surface area contributed by atoms with Crippen molar-refractivity contribution < 1.29 is 14.3 Å². The van der Waals surface area contributed by atoms with Crippen LogP contribution in [-0.2, 0) is 9.53 Å². The third-order valence-electron chi connectivity index (χ3n) is 0.980. The standard InChI is InChI=1S/C5H8N2O4/c1-3(4(8)7-10)6-5(9)11-2/h3H,1-2H3,(H,6,9)/t3-/m0/s1. The van der Waals surface area contributed by atoms with Crippen LogP contribution in [0.1, 0.15) is 6.92 Å². The maximum atomic E-state index is 10.4. The summed E-state index contributed by atoms with van der Waals surface area (Å²) in [5.74, 6) is -0.935. The molecule has 0 saturated carbocycles. The molecule has 2 amide bonds. The largest absolute Gasteiger partial charge is 0.453 e. The van der Waals surface area contributed by atoms with E-state index in [1.807, 2.05) is 0 Å². The van der Waals surface area contributed by atoms with Gasteiger partial charge in [0.2, 0.25) is 0 Å². The monoisotopic (exact) mass is 160 g/mol. The number of carbonyl (C=O) groups is 2. The molecule has 0 aliphatic carbocycles. The van der Waals surface area contributed by atoms with Gasteiger partial charge in [0.15, 0.2) is 0 Å². The molecule has 0 aromatic rings. The van der Waals surface area contributed by atoms with Gasteiger partial charge in [0.1, 0.15) is 6.04 Å². The van der Waals surface area contributed by atoms with Crippen molar-refractivity contribution in [1.29, 1.82) is 0 Å². The molecule has 0 heterocycles. The first-order chi connectivity index (χ1) is 5.11. The van der Waals surface area contributed by atoms with Crippen LogP contribution in [0.25, 0.3) is 0 Å². The van der Waals surface area contributed by atoms with Gasteiger partial charge in [-0.3, -0.25) is 4.79 Å². The summed E-state index contributed by atoms with van der Waals surface area (Å²) in [5.41, 5.74) is 0. The van der Waals surface area contributed by atoms with E-state index in [4.69, 9.17) is 0 Å². The number of ether oxygens (including phenoxy) is 1. The van der Waals surface area contributed by atoms with Crippen LogP contribution in [0.5, 0.6) is 0 Å². The van der Waals surface area contributed by atoms with Gasteiger partial charge < -0.3 is 10.1 Å². The molecule has 0 bridgehead atoms. The topological polar surface area (TPSA) is 84.8 Å². The van der Waals surface area contributed by atoms with Gasteiger partial charge in [-0.1, -0.05) is 0 Å². The quantitative estimate of drug-likeness (QED) is 0.577. The molecule has 0 spiro atoms. The lowest BCUT2D eigenvalue weighted by Gasteiger charge is -2.05. The Morgan fingerprint density at radius 3 is 2.45 bits per heavy atom. The Balaban J connectivity index is 3.86. The predicted molar refractivity (Wildman–Crippen MR) is 35.8 cm³/mol. The Labute approximate surface area is 62.9 Å². The van der Waals surface area contributed by atoms with E-state index >= 15 is 0 Å². The number of nitrogens with zero attached hydrogens (tertiary/aromatic N) is 1. The van der Waals surface area contributed by atoms with Crippen molar-refractivity contribution in [3.8, 4) is 0 Å². The summed E-state index contributed by atoms with van der Waals surface area (Å²) in [6.07, 6.45) is -0.769. The zero-order chi connectivity index (χ0) is 8.85. The van der Waals surface area contributed by atoms with E-state index in [1.165, 1.54) is 6.92 Å². The zero-order valence-corrected chi connectivity index (χ0v) is 6.16. The Morgan fingerprint density at radius 2 is 2.09 bits per heavy atom. The minimum absolute atomic E-state index is 0.769. The summed E-state index contributed by atoms with van der Waals surface area (Å²) < 4.78 is 4.17. The molecule has 0 saturated heterocycles. The van der Waals surface area contributed by atoms with E-state index in [2.05, 4.69) is 15.2 Å². The Hall–Kier alpha value is -1.46. The van der Waals surface area contributed by atoms with Crippen LogP contribution in [0.3, 0.4) is 0 Å². The van der Waals surface area contributed by atoms with E-state index in [0.29, 0.717) is 0 Å². The summed E-state index contributed by atoms with van der Waals surface area (Å²) >= 11 is 0. The molecular formula is C5H8N2O4. The van der Waals surface area contributed by atoms with Crippen molar-refractivity contribution >= 4 is 12.0 Å². The number of amides is 2. The van der Waals surface area contributed by atoms with E-state index in [9.17, 15) is 14.5 Å². The smallest absolute Gasteiger partial charge is 0.407 e. The van der Waals surface area contributed by atoms with Crippen LogP contribution in [0.4, 0.5) is 4.79 Å². The fourth-order valence-electron chi connectivity index (χ4n) is 0.376. The lowest BCUT2D eigenvalue weighted by Crippen LogP contribution is -2.37. The summed E-state index contributed by atoms with van der Waals surface area (Å²) in [6.45, 7) is 1.33. The van der Waals surface area contributed by atoms with Crippen molar-refractivity contribution in [2.45, 2.75) is 13.0 Å². The first-order valence-electron chi connectivity index (χ1n) is 2.83. The van der Waals surface area contributed by atoms with Gasteiger partial charge in [0, 0.05) is 5.18 Å². The van der Waals surface area contributed by atoms with Crippen LogP contribution in [0, 0.1) is 4.91 Å². The summed E-state index contributed by atoms with van der Waals surface area (Å²) in [6, 6.07) is -0.931. The second-order valence-corrected chi connectivity index (χ2v) is 1.79. The van der Waals surface area contributed by atoms with E-state index in [0.717, 1.165) is 7.11 Å². The average Bonchev–Trinajstić information content (AvgIpc) is 2.02. The fourth-order valence-corrected chi connectivity index (χ4v) is 0.376. The molecule has 6 nitrogen and oxygen atoms in total. The molecule has 0 aliphatic rings. The molecule has 0 fully saturated rings. The highest BCUT2D eigenvalue weighted by molar-refractivity contribution is 5.85.